The van der Waals surface area contributed by atoms with Crippen LogP contribution in [0.25, 0.3) is 11.1 Å². The summed E-state index contributed by atoms with van der Waals surface area (Å²) < 4.78 is 11.0. The van der Waals surface area contributed by atoms with Crippen molar-refractivity contribution in [2.24, 2.45) is 5.92 Å². The van der Waals surface area contributed by atoms with Gasteiger partial charge in [-0.05, 0) is 30.5 Å². The maximum atomic E-state index is 12.1. The summed E-state index contributed by atoms with van der Waals surface area (Å²) in [4.78, 5) is 16.2. The molecular formula is C19H23NO3. The van der Waals surface area contributed by atoms with Gasteiger partial charge in [0.15, 0.2) is 0 Å². The molecule has 1 atom stereocenters. The van der Waals surface area contributed by atoms with Crippen molar-refractivity contribution in [3.63, 3.8) is 0 Å². The lowest BCUT2D eigenvalue weighted by Gasteiger charge is -2.12. The molecule has 1 heterocycles. The normalized spacial score (nSPS) is 11.8. The SMILES string of the molecule is CCOc1cc(-c2ccccc2OC(=O)CC(C)CC)ccn1. The highest BCUT2D eigenvalue weighted by atomic mass is 16.5. The van der Waals surface area contributed by atoms with Gasteiger partial charge in [0.2, 0.25) is 5.88 Å². The van der Waals surface area contributed by atoms with Crippen LogP contribution in [0.5, 0.6) is 11.6 Å². The zero-order valence-electron chi connectivity index (χ0n) is 13.9. The van der Waals surface area contributed by atoms with Crippen molar-refractivity contribution in [2.75, 3.05) is 6.61 Å². The number of rotatable bonds is 7. The summed E-state index contributed by atoms with van der Waals surface area (Å²) in [7, 11) is 0. The number of benzene rings is 1. The summed E-state index contributed by atoms with van der Waals surface area (Å²) in [5.74, 6) is 1.24. The van der Waals surface area contributed by atoms with Crippen molar-refractivity contribution in [3.05, 3.63) is 42.6 Å². The van der Waals surface area contributed by atoms with E-state index in [1.54, 1.807) is 6.20 Å². The molecule has 0 saturated carbocycles. The number of hydrogen-bond acceptors (Lipinski definition) is 4. The van der Waals surface area contributed by atoms with Gasteiger partial charge in [-0.15, -0.1) is 0 Å². The van der Waals surface area contributed by atoms with E-state index in [0.717, 1.165) is 17.5 Å². The highest BCUT2D eigenvalue weighted by Gasteiger charge is 2.13. The van der Waals surface area contributed by atoms with Crippen molar-refractivity contribution >= 4 is 5.97 Å². The van der Waals surface area contributed by atoms with Crippen LogP contribution in [0, 0.1) is 5.92 Å². The molecule has 4 nitrogen and oxygen atoms in total. The predicted molar refractivity (Wildman–Crippen MR) is 90.5 cm³/mol. The number of ether oxygens (including phenoxy) is 2. The van der Waals surface area contributed by atoms with Crippen molar-refractivity contribution in [2.45, 2.75) is 33.6 Å². The molecule has 0 radical (unpaired) electrons. The van der Waals surface area contributed by atoms with Gasteiger partial charge in [-0.2, -0.15) is 0 Å². The first-order valence-corrected chi connectivity index (χ1v) is 8.03. The standard InChI is InChI=1S/C19H23NO3/c1-4-14(3)12-19(21)23-17-9-7-6-8-16(17)15-10-11-20-18(13-15)22-5-2/h6-11,13-14H,4-5,12H2,1-3H3. The lowest BCUT2D eigenvalue weighted by Crippen LogP contribution is -2.12. The molecule has 0 saturated heterocycles. The average molecular weight is 313 g/mol. The molecule has 0 N–H and O–H groups in total. The second kappa shape index (κ2) is 8.32. The number of esters is 1. The Morgan fingerprint density at radius 3 is 2.74 bits per heavy atom. The summed E-state index contributed by atoms with van der Waals surface area (Å²) in [5, 5.41) is 0. The molecule has 1 aromatic heterocycles. The van der Waals surface area contributed by atoms with Crippen LogP contribution in [0.4, 0.5) is 0 Å². The predicted octanol–water partition coefficient (Wildman–Crippen LogP) is 4.49. The Balaban J connectivity index is 2.23. The van der Waals surface area contributed by atoms with Gasteiger partial charge in [0.1, 0.15) is 5.75 Å². The number of carbonyl (C=O) groups excluding carboxylic acids is 1. The van der Waals surface area contributed by atoms with E-state index in [0.29, 0.717) is 30.6 Å². The molecule has 0 spiro atoms. The number of carbonyl (C=O) groups is 1. The average Bonchev–Trinajstić information content (AvgIpc) is 2.55. The van der Waals surface area contributed by atoms with Crippen LogP contribution in [0.2, 0.25) is 0 Å². The first-order chi connectivity index (χ1) is 11.1. The van der Waals surface area contributed by atoms with Gasteiger partial charge in [-0.3, -0.25) is 4.79 Å². The quantitative estimate of drug-likeness (QED) is 0.558. The molecule has 0 amide bonds. The van der Waals surface area contributed by atoms with Gasteiger partial charge in [-0.25, -0.2) is 4.98 Å². The number of aromatic nitrogens is 1. The van der Waals surface area contributed by atoms with Gasteiger partial charge in [0.25, 0.3) is 0 Å². The summed E-state index contributed by atoms with van der Waals surface area (Å²) in [6, 6.07) is 11.2. The molecule has 2 rings (SSSR count). The van der Waals surface area contributed by atoms with Gasteiger partial charge < -0.3 is 9.47 Å². The molecule has 23 heavy (non-hydrogen) atoms. The molecule has 122 valence electrons. The van der Waals surface area contributed by atoms with Crippen molar-refractivity contribution in [3.8, 4) is 22.8 Å². The third-order valence-corrected chi connectivity index (χ3v) is 3.66. The van der Waals surface area contributed by atoms with E-state index < -0.39 is 0 Å². The van der Waals surface area contributed by atoms with Gasteiger partial charge in [0.05, 0.1) is 6.61 Å². The van der Waals surface area contributed by atoms with Crippen LogP contribution in [-0.2, 0) is 4.79 Å². The highest BCUT2D eigenvalue weighted by Crippen LogP contribution is 2.31. The largest absolute Gasteiger partial charge is 0.478 e. The van der Waals surface area contributed by atoms with E-state index in [4.69, 9.17) is 9.47 Å². The van der Waals surface area contributed by atoms with Crippen LogP contribution < -0.4 is 9.47 Å². The molecule has 1 unspecified atom stereocenters. The molecule has 2 aromatic rings. The molecule has 0 fully saturated rings. The van der Waals surface area contributed by atoms with Crippen molar-refractivity contribution in [1.29, 1.82) is 0 Å². The summed E-state index contributed by atoms with van der Waals surface area (Å²) >= 11 is 0. The first-order valence-electron chi connectivity index (χ1n) is 8.03. The zero-order chi connectivity index (χ0) is 16.7. The topological polar surface area (TPSA) is 48.4 Å². The van der Waals surface area contributed by atoms with E-state index in [1.165, 1.54) is 0 Å². The lowest BCUT2D eigenvalue weighted by atomic mass is 10.0. The summed E-state index contributed by atoms with van der Waals surface area (Å²) in [6.45, 7) is 6.59. The van der Waals surface area contributed by atoms with Crippen LogP contribution in [0.3, 0.4) is 0 Å². The Labute approximate surface area is 137 Å². The fourth-order valence-corrected chi connectivity index (χ4v) is 2.19. The first kappa shape index (κ1) is 17.0. The Morgan fingerprint density at radius 1 is 1.22 bits per heavy atom. The smallest absolute Gasteiger partial charge is 0.311 e. The fourth-order valence-electron chi connectivity index (χ4n) is 2.19. The molecule has 0 aliphatic carbocycles. The van der Waals surface area contributed by atoms with E-state index in [2.05, 4.69) is 11.9 Å². The van der Waals surface area contributed by atoms with Crippen LogP contribution in [-0.4, -0.2) is 17.6 Å². The maximum absolute atomic E-state index is 12.1. The minimum Gasteiger partial charge on any atom is -0.478 e. The number of hydrogen-bond donors (Lipinski definition) is 0. The second-order valence-corrected chi connectivity index (χ2v) is 5.50. The van der Waals surface area contributed by atoms with Gasteiger partial charge in [-0.1, -0.05) is 38.5 Å². The van der Waals surface area contributed by atoms with Gasteiger partial charge >= 0.3 is 5.97 Å². The molecule has 1 aromatic carbocycles. The molecule has 0 aliphatic rings. The Kier molecular flexibility index (Phi) is 6.15. The summed E-state index contributed by atoms with van der Waals surface area (Å²) in [5.41, 5.74) is 1.77. The molecule has 4 heteroatoms. The number of para-hydroxylation sites is 1. The van der Waals surface area contributed by atoms with E-state index in [1.807, 2.05) is 50.2 Å². The minimum atomic E-state index is -0.203. The minimum absolute atomic E-state index is 0.203. The van der Waals surface area contributed by atoms with E-state index in [-0.39, 0.29) is 5.97 Å². The molecule has 0 aliphatic heterocycles. The maximum Gasteiger partial charge on any atom is 0.311 e. The van der Waals surface area contributed by atoms with Gasteiger partial charge in [0, 0.05) is 24.2 Å². The van der Waals surface area contributed by atoms with E-state index >= 15 is 0 Å². The summed E-state index contributed by atoms with van der Waals surface area (Å²) in [6.07, 6.45) is 3.07. The van der Waals surface area contributed by atoms with E-state index in [9.17, 15) is 4.79 Å². The highest BCUT2D eigenvalue weighted by molar-refractivity contribution is 5.78. The Hall–Kier alpha value is -2.36. The third kappa shape index (κ3) is 4.81. The fraction of sp³-hybridized carbons (Fsp3) is 0.368. The Bertz CT molecular complexity index is 655. The van der Waals surface area contributed by atoms with Crippen LogP contribution >= 0.6 is 0 Å². The Morgan fingerprint density at radius 2 is 2.00 bits per heavy atom. The van der Waals surface area contributed by atoms with Crippen molar-refractivity contribution < 1.29 is 14.3 Å². The van der Waals surface area contributed by atoms with Crippen LogP contribution in [0.1, 0.15) is 33.6 Å². The second-order valence-electron chi connectivity index (χ2n) is 5.50. The van der Waals surface area contributed by atoms with Crippen molar-refractivity contribution in [1.82, 2.24) is 4.98 Å². The molecular weight excluding hydrogens is 290 g/mol. The third-order valence-electron chi connectivity index (χ3n) is 3.66. The zero-order valence-corrected chi connectivity index (χ0v) is 13.9. The van der Waals surface area contributed by atoms with Crippen LogP contribution in [0.15, 0.2) is 42.6 Å². The number of pyridine rings is 1. The number of nitrogens with zero attached hydrogens (tertiary/aromatic N) is 1. The monoisotopic (exact) mass is 313 g/mol. The molecule has 0 bridgehead atoms. The lowest BCUT2D eigenvalue weighted by molar-refractivity contribution is -0.135.